The van der Waals surface area contributed by atoms with Crippen LogP contribution in [0.5, 0.6) is 5.75 Å². The molecule has 0 bridgehead atoms. The second-order valence-electron chi connectivity index (χ2n) is 7.00. The molecular formula is C22H26ClN3O5. The molecule has 0 radical (unpaired) electrons. The van der Waals surface area contributed by atoms with E-state index in [1.165, 1.54) is 0 Å². The van der Waals surface area contributed by atoms with Crippen LogP contribution in [0.3, 0.4) is 0 Å². The van der Waals surface area contributed by atoms with Crippen LogP contribution in [0.4, 0.5) is 5.82 Å². The first kappa shape index (κ1) is 22.8. The van der Waals surface area contributed by atoms with Crippen molar-refractivity contribution in [3.8, 4) is 17.0 Å². The van der Waals surface area contributed by atoms with E-state index in [2.05, 4.69) is 5.32 Å². The van der Waals surface area contributed by atoms with E-state index < -0.39 is 24.1 Å². The Kier molecular flexibility index (Phi) is 7.33. The van der Waals surface area contributed by atoms with Gasteiger partial charge in [0, 0.05) is 12.0 Å². The van der Waals surface area contributed by atoms with Gasteiger partial charge in [-0.3, -0.25) is 4.79 Å². The van der Waals surface area contributed by atoms with E-state index in [-0.39, 0.29) is 13.0 Å². The Morgan fingerprint density at radius 1 is 1.23 bits per heavy atom. The van der Waals surface area contributed by atoms with Crippen molar-refractivity contribution in [2.45, 2.75) is 52.2 Å². The number of aromatic nitrogens is 2. The molecule has 2 heterocycles. The number of nitrogens with zero attached hydrogens (tertiary/aromatic N) is 2. The fourth-order valence-corrected chi connectivity index (χ4v) is 3.56. The normalized spacial score (nSPS) is 17.9. The molecule has 166 valence electrons. The minimum absolute atomic E-state index is 0.0112. The SMILES string of the molecule is CCC(=O)O[C@H]1COC(=O)[C@H]1Nc1nc(CC)c(-c2ccc(OC)cc2Cl)nc1CC. The number of hydrogen-bond donors (Lipinski definition) is 1. The van der Waals surface area contributed by atoms with Crippen LogP contribution < -0.4 is 10.1 Å². The highest BCUT2D eigenvalue weighted by atomic mass is 35.5. The Morgan fingerprint density at radius 3 is 2.58 bits per heavy atom. The van der Waals surface area contributed by atoms with Gasteiger partial charge in [-0.1, -0.05) is 32.4 Å². The third-order valence-electron chi connectivity index (χ3n) is 5.02. The quantitative estimate of drug-likeness (QED) is 0.613. The van der Waals surface area contributed by atoms with Gasteiger partial charge < -0.3 is 19.5 Å². The lowest BCUT2D eigenvalue weighted by atomic mass is 10.1. The number of hydrogen-bond acceptors (Lipinski definition) is 8. The van der Waals surface area contributed by atoms with Gasteiger partial charge in [-0.2, -0.15) is 0 Å². The number of halogens is 1. The standard InChI is InChI=1S/C22H26ClN3O5/c1-5-15-19(13-9-8-12(29-4)10-14(13)23)24-16(6-2)21(25-15)26-20-17(11-30-22(20)28)31-18(27)7-3/h8-10,17,20H,5-7,11H2,1-4H3,(H,25,26)/t17-,20-/m0/s1. The summed E-state index contributed by atoms with van der Waals surface area (Å²) in [6.45, 7) is 5.62. The third-order valence-corrected chi connectivity index (χ3v) is 5.33. The Bertz CT molecular complexity index is 982. The highest BCUT2D eigenvalue weighted by Gasteiger charge is 2.40. The number of carbonyl (C=O) groups is 2. The average molecular weight is 448 g/mol. The van der Waals surface area contributed by atoms with E-state index in [1.54, 1.807) is 20.1 Å². The minimum Gasteiger partial charge on any atom is -0.497 e. The molecule has 3 rings (SSSR count). The summed E-state index contributed by atoms with van der Waals surface area (Å²) in [5.41, 5.74) is 2.82. The molecule has 9 heteroatoms. The monoisotopic (exact) mass is 447 g/mol. The number of benzene rings is 1. The van der Waals surface area contributed by atoms with E-state index in [0.29, 0.717) is 40.8 Å². The molecule has 2 aromatic rings. The lowest BCUT2D eigenvalue weighted by Crippen LogP contribution is -2.39. The summed E-state index contributed by atoms with van der Waals surface area (Å²) in [5.74, 6) is 0.240. The molecule has 1 aromatic heterocycles. The van der Waals surface area contributed by atoms with Crippen LogP contribution >= 0.6 is 11.6 Å². The van der Waals surface area contributed by atoms with Crippen molar-refractivity contribution in [1.82, 2.24) is 9.97 Å². The van der Waals surface area contributed by atoms with Gasteiger partial charge in [0.05, 0.1) is 29.2 Å². The van der Waals surface area contributed by atoms with Gasteiger partial charge in [0.15, 0.2) is 12.1 Å². The molecule has 8 nitrogen and oxygen atoms in total. The summed E-state index contributed by atoms with van der Waals surface area (Å²) >= 11 is 6.47. The average Bonchev–Trinajstić information content (AvgIpc) is 3.12. The number of nitrogens with one attached hydrogen (secondary N) is 1. The highest BCUT2D eigenvalue weighted by Crippen LogP contribution is 2.33. The Hall–Kier alpha value is -2.87. The molecule has 1 aliphatic rings. The fraction of sp³-hybridized carbons (Fsp3) is 0.455. The van der Waals surface area contributed by atoms with Crippen LogP contribution in [0.25, 0.3) is 11.3 Å². The molecule has 31 heavy (non-hydrogen) atoms. The lowest BCUT2D eigenvalue weighted by Gasteiger charge is -2.20. The van der Waals surface area contributed by atoms with Crippen LogP contribution in [-0.4, -0.2) is 47.8 Å². The topological polar surface area (TPSA) is 99.6 Å². The molecule has 0 spiro atoms. The summed E-state index contributed by atoms with van der Waals surface area (Å²) in [7, 11) is 1.58. The second-order valence-corrected chi connectivity index (χ2v) is 7.41. The van der Waals surface area contributed by atoms with Gasteiger partial charge >= 0.3 is 11.9 Å². The predicted molar refractivity (Wildman–Crippen MR) is 116 cm³/mol. The molecule has 0 saturated carbocycles. The first-order valence-corrected chi connectivity index (χ1v) is 10.7. The van der Waals surface area contributed by atoms with Gasteiger partial charge in [-0.25, -0.2) is 14.8 Å². The van der Waals surface area contributed by atoms with Crippen LogP contribution in [0.15, 0.2) is 18.2 Å². The summed E-state index contributed by atoms with van der Waals surface area (Å²) in [4.78, 5) is 33.5. The highest BCUT2D eigenvalue weighted by molar-refractivity contribution is 6.33. The van der Waals surface area contributed by atoms with Crippen LogP contribution in [0, 0.1) is 0 Å². The molecule has 2 atom stereocenters. The Labute approximate surface area is 186 Å². The van der Waals surface area contributed by atoms with Crippen molar-refractivity contribution in [2.75, 3.05) is 19.0 Å². The smallest absolute Gasteiger partial charge is 0.332 e. The zero-order valence-corrected chi connectivity index (χ0v) is 18.8. The summed E-state index contributed by atoms with van der Waals surface area (Å²) in [6.07, 6.45) is 0.676. The molecule has 1 aliphatic heterocycles. The van der Waals surface area contributed by atoms with E-state index >= 15 is 0 Å². The van der Waals surface area contributed by atoms with Crippen LogP contribution in [0.2, 0.25) is 5.02 Å². The Morgan fingerprint density at radius 2 is 1.97 bits per heavy atom. The second kappa shape index (κ2) is 9.96. The first-order valence-electron chi connectivity index (χ1n) is 10.3. The fourth-order valence-electron chi connectivity index (χ4n) is 3.30. The van der Waals surface area contributed by atoms with E-state index in [9.17, 15) is 9.59 Å². The number of aryl methyl sites for hydroxylation is 2. The number of cyclic esters (lactones) is 1. The van der Waals surface area contributed by atoms with Gasteiger partial charge in [0.2, 0.25) is 0 Å². The van der Waals surface area contributed by atoms with Crippen molar-refractivity contribution in [3.63, 3.8) is 0 Å². The van der Waals surface area contributed by atoms with Gasteiger partial charge in [0.1, 0.15) is 18.2 Å². The molecule has 1 N–H and O–H groups in total. The van der Waals surface area contributed by atoms with Crippen molar-refractivity contribution in [3.05, 3.63) is 34.6 Å². The van der Waals surface area contributed by atoms with Gasteiger partial charge in [0.25, 0.3) is 0 Å². The molecule has 1 aromatic carbocycles. The summed E-state index contributed by atoms with van der Waals surface area (Å²) in [5, 5.41) is 3.61. The van der Waals surface area contributed by atoms with Crippen molar-refractivity contribution in [2.24, 2.45) is 0 Å². The predicted octanol–water partition coefficient (Wildman–Crippen LogP) is 3.59. The largest absolute Gasteiger partial charge is 0.497 e. The molecule has 0 amide bonds. The number of esters is 2. The van der Waals surface area contributed by atoms with Crippen LogP contribution in [0.1, 0.15) is 38.6 Å². The van der Waals surface area contributed by atoms with Gasteiger partial charge in [-0.15, -0.1) is 0 Å². The van der Waals surface area contributed by atoms with Crippen molar-refractivity contribution < 1.29 is 23.8 Å². The molecule has 0 aliphatic carbocycles. The maximum Gasteiger partial charge on any atom is 0.332 e. The number of carbonyl (C=O) groups excluding carboxylic acids is 2. The zero-order chi connectivity index (χ0) is 22.5. The number of rotatable bonds is 8. The molecule has 1 fully saturated rings. The van der Waals surface area contributed by atoms with E-state index in [0.717, 1.165) is 11.3 Å². The zero-order valence-electron chi connectivity index (χ0n) is 18.0. The van der Waals surface area contributed by atoms with Gasteiger partial charge in [-0.05, 0) is 31.0 Å². The lowest BCUT2D eigenvalue weighted by molar-refractivity contribution is -0.148. The summed E-state index contributed by atoms with van der Waals surface area (Å²) in [6, 6.07) is 4.57. The van der Waals surface area contributed by atoms with E-state index in [1.807, 2.05) is 26.0 Å². The summed E-state index contributed by atoms with van der Waals surface area (Å²) < 4.78 is 15.7. The van der Waals surface area contributed by atoms with E-state index in [4.69, 9.17) is 35.8 Å². The van der Waals surface area contributed by atoms with Crippen LogP contribution in [-0.2, 0) is 31.9 Å². The molecular weight excluding hydrogens is 422 g/mol. The minimum atomic E-state index is -0.838. The third kappa shape index (κ3) is 4.90. The maximum absolute atomic E-state index is 12.3. The number of methoxy groups -OCH3 is 1. The molecule has 0 unspecified atom stereocenters. The Balaban J connectivity index is 1.97. The first-order chi connectivity index (χ1) is 14.9. The number of ether oxygens (including phenoxy) is 3. The van der Waals surface area contributed by atoms with Crippen molar-refractivity contribution in [1.29, 1.82) is 0 Å². The number of anilines is 1. The van der Waals surface area contributed by atoms with Crippen molar-refractivity contribution >= 4 is 29.4 Å². The molecule has 1 saturated heterocycles. The maximum atomic E-state index is 12.3.